The molecule has 0 unspecified atom stereocenters. The molecule has 2 amide bonds. The van der Waals surface area contributed by atoms with Gasteiger partial charge in [0.2, 0.25) is 11.8 Å². The molecule has 0 saturated carbocycles. The number of fused-ring (bicyclic) bond motifs is 1. The lowest BCUT2D eigenvalue weighted by atomic mass is 10.1. The monoisotopic (exact) mass is 394 g/mol. The van der Waals surface area contributed by atoms with Gasteiger partial charge in [-0.15, -0.1) is 0 Å². The first-order chi connectivity index (χ1) is 14.0. The fraction of sp³-hybridized carbons (Fsp3) is 0.318. The van der Waals surface area contributed by atoms with Crippen LogP contribution in [0.3, 0.4) is 0 Å². The molecule has 3 rings (SSSR count). The van der Waals surface area contributed by atoms with Crippen LogP contribution in [0.15, 0.2) is 42.5 Å². The van der Waals surface area contributed by atoms with Crippen molar-refractivity contribution in [2.75, 3.05) is 25.6 Å². The molecule has 29 heavy (non-hydrogen) atoms. The summed E-state index contributed by atoms with van der Waals surface area (Å²) in [6.45, 7) is 4.60. The minimum atomic E-state index is -0.178. The van der Waals surface area contributed by atoms with Gasteiger partial charge in [-0.2, -0.15) is 0 Å². The molecular formula is C22H26N4O3. The molecule has 0 aliphatic rings. The van der Waals surface area contributed by atoms with E-state index in [1.165, 1.54) is 7.11 Å². The van der Waals surface area contributed by atoms with Gasteiger partial charge < -0.3 is 19.9 Å². The number of benzene rings is 2. The van der Waals surface area contributed by atoms with E-state index >= 15 is 0 Å². The average Bonchev–Trinajstić information content (AvgIpc) is 2.98. The third-order valence-electron chi connectivity index (χ3n) is 4.49. The Labute approximate surface area is 170 Å². The Hall–Kier alpha value is -3.19. The van der Waals surface area contributed by atoms with Crippen LogP contribution in [-0.4, -0.2) is 41.6 Å². The molecule has 1 aromatic heterocycles. The predicted octanol–water partition coefficient (Wildman–Crippen LogP) is 2.60. The first-order valence-electron chi connectivity index (χ1n) is 9.54. The number of anilines is 1. The first kappa shape index (κ1) is 20.5. The summed E-state index contributed by atoms with van der Waals surface area (Å²) in [4.78, 5) is 29.0. The number of para-hydroxylation sites is 2. The van der Waals surface area contributed by atoms with Crippen molar-refractivity contribution < 1.29 is 14.3 Å². The number of nitrogens with zero attached hydrogens (tertiary/aromatic N) is 2. The molecular weight excluding hydrogens is 368 g/mol. The third kappa shape index (κ3) is 5.42. The van der Waals surface area contributed by atoms with Crippen LogP contribution in [0.25, 0.3) is 11.0 Å². The maximum Gasteiger partial charge on any atom is 0.245 e. The van der Waals surface area contributed by atoms with Crippen molar-refractivity contribution in [1.29, 1.82) is 0 Å². The summed E-state index contributed by atoms with van der Waals surface area (Å²) in [6.07, 6.45) is 0.515. The van der Waals surface area contributed by atoms with Crippen molar-refractivity contribution in [2.24, 2.45) is 0 Å². The molecule has 0 bridgehead atoms. The Kier molecular flexibility index (Phi) is 6.61. The van der Waals surface area contributed by atoms with Crippen LogP contribution in [0.4, 0.5) is 5.69 Å². The number of aromatic nitrogens is 2. The Balaban J connectivity index is 1.76. The van der Waals surface area contributed by atoms with Crippen molar-refractivity contribution in [2.45, 2.75) is 26.8 Å². The van der Waals surface area contributed by atoms with Crippen LogP contribution in [0.2, 0.25) is 0 Å². The number of carbonyl (C=O) groups excluding carboxylic acids is 2. The summed E-state index contributed by atoms with van der Waals surface area (Å²) >= 11 is 0. The molecule has 0 aliphatic carbocycles. The molecule has 2 aromatic carbocycles. The second kappa shape index (κ2) is 9.34. The minimum absolute atomic E-state index is 0.0226. The molecule has 7 nitrogen and oxygen atoms in total. The van der Waals surface area contributed by atoms with E-state index in [-0.39, 0.29) is 25.0 Å². The lowest BCUT2D eigenvalue weighted by Crippen LogP contribution is -2.30. The van der Waals surface area contributed by atoms with Crippen molar-refractivity contribution in [3.05, 3.63) is 59.4 Å². The molecule has 0 aliphatic heterocycles. The highest BCUT2D eigenvalue weighted by molar-refractivity contribution is 5.92. The summed E-state index contributed by atoms with van der Waals surface area (Å²) < 4.78 is 6.72. The van der Waals surface area contributed by atoms with Crippen molar-refractivity contribution >= 4 is 28.5 Å². The fourth-order valence-electron chi connectivity index (χ4n) is 3.38. The lowest BCUT2D eigenvalue weighted by Gasteiger charge is -2.11. The van der Waals surface area contributed by atoms with Crippen LogP contribution in [0.5, 0.6) is 0 Å². The maximum atomic E-state index is 12.7. The Morgan fingerprint density at radius 1 is 1.07 bits per heavy atom. The molecule has 152 valence electrons. The number of aryl methyl sites for hydroxylation is 2. The topological polar surface area (TPSA) is 85.2 Å². The van der Waals surface area contributed by atoms with E-state index in [2.05, 4.69) is 21.7 Å². The number of hydrogen-bond acceptors (Lipinski definition) is 4. The molecule has 1 heterocycles. The van der Waals surface area contributed by atoms with Crippen LogP contribution in [0.1, 0.15) is 17.0 Å². The van der Waals surface area contributed by atoms with Gasteiger partial charge in [-0.25, -0.2) is 4.98 Å². The van der Waals surface area contributed by atoms with E-state index in [0.29, 0.717) is 13.0 Å². The highest BCUT2D eigenvalue weighted by Crippen LogP contribution is 2.18. The second-order valence-corrected chi connectivity index (χ2v) is 7.06. The molecule has 0 spiro atoms. The van der Waals surface area contributed by atoms with Gasteiger partial charge in [-0.1, -0.05) is 18.2 Å². The molecule has 7 heteroatoms. The molecule has 3 aromatic rings. The summed E-state index contributed by atoms with van der Waals surface area (Å²) in [5, 5.41) is 5.76. The van der Waals surface area contributed by atoms with Gasteiger partial charge in [-0.3, -0.25) is 9.59 Å². The highest BCUT2D eigenvalue weighted by Gasteiger charge is 2.14. The fourth-order valence-corrected chi connectivity index (χ4v) is 3.38. The van der Waals surface area contributed by atoms with Gasteiger partial charge in [0.25, 0.3) is 0 Å². The summed E-state index contributed by atoms with van der Waals surface area (Å²) in [5.41, 5.74) is 4.69. The van der Waals surface area contributed by atoms with Crippen molar-refractivity contribution in [3.8, 4) is 0 Å². The van der Waals surface area contributed by atoms with Crippen LogP contribution in [0, 0.1) is 13.8 Å². The second-order valence-electron chi connectivity index (χ2n) is 7.06. The SMILES string of the molecule is COCC(=O)NCCc1nc2ccccc2n1CC(=O)Nc1cc(C)cc(C)c1. The standard InChI is InChI=1S/C22H26N4O3/c1-15-10-16(2)12-17(11-15)24-21(27)13-26-19-7-5-4-6-18(19)25-20(26)8-9-23-22(28)14-29-3/h4-7,10-12H,8-9,13-14H2,1-3H3,(H,23,28)(H,24,27). The van der Waals surface area contributed by atoms with Gasteiger partial charge in [0.05, 0.1) is 11.0 Å². The number of imidazole rings is 1. The number of ether oxygens (including phenoxy) is 1. The normalized spacial score (nSPS) is 10.9. The lowest BCUT2D eigenvalue weighted by molar-refractivity contribution is -0.124. The number of carbonyl (C=O) groups is 2. The number of amides is 2. The molecule has 0 atom stereocenters. The average molecular weight is 394 g/mol. The minimum Gasteiger partial charge on any atom is -0.375 e. The zero-order valence-electron chi connectivity index (χ0n) is 17.0. The summed E-state index contributed by atoms with van der Waals surface area (Å²) in [7, 11) is 1.48. The van der Waals surface area contributed by atoms with Gasteiger partial charge in [-0.05, 0) is 49.2 Å². The van der Waals surface area contributed by atoms with Crippen LogP contribution < -0.4 is 10.6 Å². The van der Waals surface area contributed by atoms with Crippen LogP contribution in [-0.2, 0) is 27.3 Å². The Morgan fingerprint density at radius 2 is 1.79 bits per heavy atom. The van der Waals surface area contributed by atoms with Crippen molar-refractivity contribution in [3.63, 3.8) is 0 Å². The Bertz CT molecular complexity index is 1010. The van der Waals surface area contributed by atoms with E-state index in [9.17, 15) is 9.59 Å². The van der Waals surface area contributed by atoms with Gasteiger partial charge in [0.1, 0.15) is 19.0 Å². The van der Waals surface area contributed by atoms with E-state index in [1.807, 2.05) is 54.8 Å². The summed E-state index contributed by atoms with van der Waals surface area (Å²) in [5.74, 6) is 0.449. The zero-order valence-corrected chi connectivity index (χ0v) is 17.0. The number of nitrogens with one attached hydrogen (secondary N) is 2. The van der Waals surface area contributed by atoms with Gasteiger partial charge >= 0.3 is 0 Å². The van der Waals surface area contributed by atoms with E-state index in [1.54, 1.807) is 0 Å². The first-order valence-corrected chi connectivity index (χ1v) is 9.54. The van der Waals surface area contributed by atoms with Crippen molar-refractivity contribution in [1.82, 2.24) is 14.9 Å². The number of rotatable bonds is 8. The maximum absolute atomic E-state index is 12.7. The van der Waals surface area contributed by atoms with E-state index < -0.39 is 0 Å². The van der Waals surface area contributed by atoms with E-state index in [0.717, 1.165) is 33.7 Å². The molecule has 0 fully saturated rings. The quantitative estimate of drug-likeness (QED) is 0.615. The zero-order chi connectivity index (χ0) is 20.8. The van der Waals surface area contributed by atoms with Gasteiger partial charge in [0, 0.05) is 25.8 Å². The third-order valence-corrected chi connectivity index (χ3v) is 4.49. The molecule has 2 N–H and O–H groups in total. The highest BCUT2D eigenvalue weighted by atomic mass is 16.5. The largest absolute Gasteiger partial charge is 0.375 e. The number of methoxy groups -OCH3 is 1. The molecule has 0 saturated heterocycles. The summed E-state index contributed by atoms with van der Waals surface area (Å²) in [6, 6.07) is 13.7. The van der Waals surface area contributed by atoms with Gasteiger partial charge in [0.15, 0.2) is 0 Å². The van der Waals surface area contributed by atoms with Crippen LogP contribution >= 0.6 is 0 Å². The predicted molar refractivity (Wildman–Crippen MR) is 113 cm³/mol. The molecule has 0 radical (unpaired) electrons. The Morgan fingerprint density at radius 3 is 2.52 bits per heavy atom. The van der Waals surface area contributed by atoms with E-state index in [4.69, 9.17) is 4.74 Å². The number of hydrogen-bond donors (Lipinski definition) is 2. The smallest absolute Gasteiger partial charge is 0.245 e.